The van der Waals surface area contributed by atoms with Crippen LogP contribution < -0.4 is 5.43 Å². The Bertz CT molecular complexity index is 780. The molecule has 1 saturated heterocycles. The quantitative estimate of drug-likeness (QED) is 0.657. The Hall–Kier alpha value is -2.11. The summed E-state index contributed by atoms with van der Waals surface area (Å²) >= 11 is 6.63. The highest BCUT2D eigenvalue weighted by molar-refractivity contribution is 8.26. The van der Waals surface area contributed by atoms with Gasteiger partial charge in [0.25, 0.3) is 5.91 Å². The number of aryl methyl sites for hydroxylation is 2. The number of hydrogen-bond donors (Lipinski definition) is 1. The molecular weight excluding hydrogens is 324 g/mol. The zero-order valence-electron chi connectivity index (χ0n) is 12.9. The molecule has 0 aromatic heterocycles. The number of nitrogens with one attached hydrogen (secondary N) is 1. The van der Waals surface area contributed by atoms with Gasteiger partial charge in [0.1, 0.15) is 0 Å². The molecule has 0 spiro atoms. The Morgan fingerprint density at radius 2 is 1.57 bits per heavy atom. The van der Waals surface area contributed by atoms with Crippen LogP contribution >= 0.6 is 24.0 Å². The molecule has 1 fully saturated rings. The molecule has 0 atom stereocenters. The van der Waals surface area contributed by atoms with Gasteiger partial charge < -0.3 is 0 Å². The number of thioether (sulfide) groups is 1. The van der Waals surface area contributed by atoms with Gasteiger partial charge in [0.05, 0.1) is 10.6 Å². The number of carbonyl (C=O) groups is 1. The predicted octanol–water partition coefficient (Wildman–Crippen LogP) is 4.53. The van der Waals surface area contributed by atoms with Crippen molar-refractivity contribution in [3.8, 4) is 0 Å². The fourth-order valence-corrected chi connectivity index (χ4v) is 3.31. The van der Waals surface area contributed by atoms with Crippen LogP contribution in [0.2, 0.25) is 0 Å². The van der Waals surface area contributed by atoms with Crippen LogP contribution in [0.3, 0.4) is 0 Å². The lowest BCUT2D eigenvalue weighted by Crippen LogP contribution is -2.33. The topological polar surface area (TPSA) is 32.3 Å². The maximum absolute atomic E-state index is 12.5. The van der Waals surface area contributed by atoms with Gasteiger partial charge in [-0.05, 0) is 49.8 Å². The van der Waals surface area contributed by atoms with Crippen molar-refractivity contribution in [2.24, 2.45) is 0 Å². The average Bonchev–Trinajstić information content (AvgIpc) is 2.79. The Balaban J connectivity index is 1.79. The molecule has 0 aliphatic carbocycles. The summed E-state index contributed by atoms with van der Waals surface area (Å²) in [7, 11) is 0. The second-order valence-corrected chi connectivity index (χ2v) is 7.08. The van der Waals surface area contributed by atoms with E-state index in [1.165, 1.54) is 27.9 Å². The second kappa shape index (κ2) is 6.56. The number of rotatable bonds is 3. The minimum atomic E-state index is -0.124. The van der Waals surface area contributed by atoms with Crippen LogP contribution in [-0.4, -0.2) is 15.2 Å². The average molecular weight is 340 g/mol. The number of anilines is 1. The monoisotopic (exact) mass is 340 g/mol. The Kier molecular flexibility index (Phi) is 4.50. The predicted molar refractivity (Wildman–Crippen MR) is 101 cm³/mol. The van der Waals surface area contributed by atoms with E-state index in [-0.39, 0.29) is 5.91 Å². The summed E-state index contributed by atoms with van der Waals surface area (Å²) in [5, 5.41) is 1.42. The van der Waals surface area contributed by atoms with Crippen molar-refractivity contribution in [1.29, 1.82) is 0 Å². The summed E-state index contributed by atoms with van der Waals surface area (Å²) in [4.78, 5) is 13.2. The lowest BCUT2D eigenvalue weighted by atomic mass is 10.1. The number of amides is 1. The van der Waals surface area contributed by atoms with E-state index < -0.39 is 0 Å². The molecule has 0 radical (unpaired) electrons. The van der Waals surface area contributed by atoms with Crippen molar-refractivity contribution in [3.63, 3.8) is 0 Å². The number of thiocarbonyl (C=S) groups is 1. The van der Waals surface area contributed by atoms with Gasteiger partial charge >= 0.3 is 0 Å². The van der Waals surface area contributed by atoms with Gasteiger partial charge in [-0.25, -0.2) is 5.01 Å². The molecule has 116 valence electrons. The molecule has 1 amide bonds. The van der Waals surface area contributed by atoms with Gasteiger partial charge in [-0.1, -0.05) is 59.3 Å². The van der Waals surface area contributed by atoms with Gasteiger partial charge in [0.15, 0.2) is 4.32 Å². The number of carbonyl (C=O) groups excluding carboxylic acids is 1. The number of hydrazine groups is 1. The zero-order chi connectivity index (χ0) is 16.4. The van der Waals surface area contributed by atoms with E-state index in [2.05, 4.69) is 5.43 Å². The smallest absolute Gasteiger partial charge is 0.285 e. The SMILES string of the molecule is Cc1ccc(/C=C2/SC(=S)N(Nc3ccc(C)cc3)C2=O)cc1. The molecule has 23 heavy (non-hydrogen) atoms. The summed E-state index contributed by atoms with van der Waals surface area (Å²) in [6.45, 7) is 4.06. The van der Waals surface area contributed by atoms with Crippen LogP contribution in [0.1, 0.15) is 16.7 Å². The van der Waals surface area contributed by atoms with Crippen LogP contribution in [-0.2, 0) is 4.79 Å². The molecule has 1 N–H and O–H groups in total. The van der Waals surface area contributed by atoms with Crippen LogP contribution in [0.5, 0.6) is 0 Å². The third kappa shape index (κ3) is 3.63. The van der Waals surface area contributed by atoms with E-state index in [4.69, 9.17) is 12.2 Å². The molecule has 2 aromatic rings. The molecule has 0 saturated carbocycles. The van der Waals surface area contributed by atoms with Crippen molar-refractivity contribution >= 4 is 46.0 Å². The molecular formula is C18H16N2OS2. The van der Waals surface area contributed by atoms with Crippen molar-refractivity contribution in [2.45, 2.75) is 13.8 Å². The molecule has 0 bridgehead atoms. The van der Waals surface area contributed by atoms with Crippen LogP contribution in [0.4, 0.5) is 5.69 Å². The van der Waals surface area contributed by atoms with Crippen LogP contribution in [0, 0.1) is 13.8 Å². The molecule has 5 heteroatoms. The summed E-state index contributed by atoms with van der Waals surface area (Å²) in [6.07, 6.45) is 1.87. The van der Waals surface area contributed by atoms with Crippen molar-refractivity contribution in [2.75, 3.05) is 5.43 Å². The number of hydrogen-bond acceptors (Lipinski definition) is 4. The first kappa shape index (κ1) is 15.8. The van der Waals surface area contributed by atoms with Crippen molar-refractivity contribution in [1.82, 2.24) is 5.01 Å². The zero-order valence-corrected chi connectivity index (χ0v) is 14.5. The first-order valence-electron chi connectivity index (χ1n) is 7.21. The molecule has 1 aliphatic heterocycles. The minimum absolute atomic E-state index is 0.124. The fourth-order valence-electron chi connectivity index (χ4n) is 2.14. The molecule has 2 aromatic carbocycles. The first-order valence-corrected chi connectivity index (χ1v) is 8.43. The van der Waals surface area contributed by atoms with Crippen LogP contribution in [0.25, 0.3) is 6.08 Å². The van der Waals surface area contributed by atoms with E-state index in [0.29, 0.717) is 9.23 Å². The standard InChI is InChI=1S/C18H16N2OS2/c1-12-3-7-14(8-4-12)11-16-17(21)20(18(22)23-16)19-15-9-5-13(2)6-10-15/h3-11,19H,1-2H3/b16-11+. The van der Waals surface area contributed by atoms with E-state index in [9.17, 15) is 4.79 Å². The van der Waals surface area contributed by atoms with Gasteiger partial charge in [-0.2, -0.15) is 0 Å². The summed E-state index contributed by atoms with van der Waals surface area (Å²) in [6, 6.07) is 15.9. The molecule has 1 heterocycles. The third-order valence-electron chi connectivity index (χ3n) is 3.46. The molecule has 3 nitrogen and oxygen atoms in total. The van der Waals surface area contributed by atoms with E-state index >= 15 is 0 Å². The largest absolute Gasteiger partial charge is 0.290 e. The van der Waals surface area contributed by atoms with Gasteiger partial charge in [-0.15, -0.1) is 0 Å². The maximum Gasteiger partial charge on any atom is 0.285 e. The van der Waals surface area contributed by atoms with Crippen molar-refractivity contribution < 1.29 is 4.79 Å². The lowest BCUT2D eigenvalue weighted by Gasteiger charge is -2.17. The van der Waals surface area contributed by atoms with Crippen molar-refractivity contribution in [3.05, 3.63) is 70.1 Å². The highest BCUT2D eigenvalue weighted by Gasteiger charge is 2.32. The van der Waals surface area contributed by atoms with E-state index in [1.54, 1.807) is 0 Å². The lowest BCUT2D eigenvalue weighted by molar-refractivity contribution is -0.121. The third-order valence-corrected chi connectivity index (χ3v) is 4.76. The molecule has 1 aliphatic rings. The maximum atomic E-state index is 12.5. The normalized spacial score (nSPS) is 16.3. The first-order chi connectivity index (χ1) is 11.0. The van der Waals surface area contributed by atoms with Gasteiger partial charge in [-0.3, -0.25) is 10.2 Å². The Labute approximate surface area is 145 Å². The Morgan fingerprint density at radius 1 is 1.00 bits per heavy atom. The number of nitrogens with zero attached hydrogens (tertiary/aromatic N) is 1. The summed E-state index contributed by atoms with van der Waals surface area (Å²) in [5.41, 5.74) is 7.26. The Morgan fingerprint density at radius 3 is 2.17 bits per heavy atom. The van der Waals surface area contributed by atoms with E-state index in [1.807, 2.05) is 68.5 Å². The highest BCUT2D eigenvalue weighted by Crippen LogP contribution is 2.32. The number of benzene rings is 2. The van der Waals surface area contributed by atoms with E-state index in [0.717, 1.165) is 11.3 Å². The molecule has 0 unspecified atom stereocenters. The fraction of sp³-hybridized carbons (Fsp3) is 0.111. The van der Waals surface area contributed by atoms with Gasteiger partial charge in [0, 0.05) is 0 Å². The summed E-state index contributed by atoms with van der Waals surface area (Å²) < 4.78 is 0.508. The minimum Gasteiger partial charge on any atom is -0.290 e. The molecule has 3 rings (SSSR count). The van der Waals surface area contributed by atoms with Gasteiger partial charge in [0.2, 0.25) is 0 Å². The summed E-state index contributed by atoms with van der Waals surface area (Å²) in [5.74, 6) is -0.124. The highest BCUT2D eigenvalue weighted by atomic mass is 32.2. The van der Waals surface area contributed by atoms with Crippen LogP contribution in [0.15, 0.2) is 53.4 Å². The second-order valence-electron chi connectivity index (χ2n) is 5.41.